The molecule has 0 N–H and O–H groups in total. The lowest BCUT2D eigenvalue weighted by Crippen LogP contribution is -1.75. The number of thiazole rings is 1. The van der Waals surface area contributed by atoms with Gasteiger partial charge < -0.3 is 0 Å². The van der Waals surface area contributed by atoms with Crippen LogP contribution in [0.4, 0.5) is 0 Å². The SMILES string of the molecule is BrCc1ccc2scnc2c1. The molecular formula is C8H6BrNS. The van der Waals surface area contributed by atoms with E-state index in [4.69, 9.17) is 0 Å². The number of fused-ring (bicyclic) bond motifs is 1. The molecule has 0 fully saturated rings. The van der Waals surface area contributed by atoms with Crippen molar-refractivity contribution >= 4 is 37.5 Å². The summed E-state index contributed by atoms with van der Waals surface area (Å²) in [7, 11) is 0. The van der Waals surface area contributed by atoms with Crippen molar-refractivity contribution in [2.75, 3.05) is 0 Å². The van der Waals surface area contributed by atoms with Crippen LogP contribution in [0.3, 0.4) is 0 Å². The highest BCUT2D eigenvalue weighted by atomic mass is 79.9. The fraction of sp³-hybridized carbons (Fsp3) is 0.125. The molecule has 0 aliphatic rings. The fourth-order valence-corrected chi connectivity index (χ4v) is 1.99. The van der Waals surface area contributed by atoms with Gasteiger partial charge in [0.1, 0.15) is 0 Å². The number of hydrogen-bond donors (Lipinski definition) is 0. The van der Waals surface area contributed by atoms with Crippen molar-refractivity contribution in [3.8, 4) is 0 Å². The Hall–Kier alpha value is -0.410. The number of halogens is 1. The second kappa shape index (κ2) is 2.91. The molecule has 2 rings (SSSR count). The summed E-state index contributed by atoms with van der Waals surface area (Å²) in [5.41, 5.74) is 4.26. The van der Waals surface area contributed by atoms with Crippen molar-refractivity contribution in [1.29, 1.82) is 0 Å². The molecule has 1 aromatic heterocycles. The third-order valence-corrected chi connectivity index (χ3v) is 3.01. The van der Waals surface area contributed by atoms with Gasteiger partial charge in [0.25, 0.3) is 0 Å². The number of alkyl halides is 1. The van der Waals surface area contributed by atoms with Crippen LogP contribution in [0.5, 0.6) is 0 Å². The van der Waals surface area contributed by atoms with Gasteiger partial charge in [0.05, 0.1) is 15.7 Å². The normalized spacial score (nSPS) is 10.6. The van der Waals surface area contributed by atoms with E-state index in [1.54, 1.807) is 11.3 Å². The lowest BCUT2D eigenvalue weighted by molar-refractivity contribution is 1.43. The highest BCUT2D eigenvalue weighted by Crippen LogP contribution is 2.19. The Morgan fingerprint density at radius 3 is 3.18 bits per heavy atom. The lowest BCUT2D eigenvalue weighted by atomic mass is 10.2. The first-order valence-electron chi connectivity index (χ1n) is 3.28. The van der Waals surface area contributed by atoms with Gasteiger partial charge >= 0.3 is 0 Å². The minimum atomic E-state index is 0.903. The van der Waals surface area contributed by atoms with Crippen LogP contribution in [-0.2, 0) is 5.33 Å². The van der Waals surface area contributed by atoms with E-state index >= 15 is 0 Å². The Morgan fingerprint density at radius 2 is 2.36 bits per heavy atom. The molecule has 0 amide bonds. The molecule has 0 saturated heterocycles. The van der Waals surface area contributed by atoms with Crippen molar-refractivity contribution in [2.45, 2.75) is 5.33 Å². The van der Waals surface area contributed by atoms with Gasteiger partial charge in [0, 0.05) is 5.33 Å². The van der Waals surface area contributed by atoms with Gasteiger partial charge in [-0.05, 0) is 17.7 Å². The first-order valence-corrected chi connectivity index (χ1v) is 5.28. The third kappa shape index (κ3) is 1.30. The van der Waals surface area contributed by atoms with Crippen LogP contribution in [0.1, 0.15) is 5.56 Å². The van der Waals surface area contributed by atoms with Crippen molar-refractivity contribution in [2.24, 2.45) is 0 Å². The summed E-state index contributed by atoms with van der Waals surface area (Å²) in [6, 6.07) is 6.35. The van der Waals surface area contributed by atoms with E-state index in [9.17, 15) is 0 Å². The Kier molecular flexibility index (Phi) is 1.92. The zero-order valence-electron chi connectivity index (χ0n) is 5.75. The number of benzene rings is 1. The van der Waals surface area contributed by atoms with Crippen LogP contribution in [0, 0.1) is 0 Å². The Morgan fingerprint density at radius 1 is 1.45 bits per heavy atom. The summed E-state index contributed by atoms with van der Waals surface area (Å²) < 4.78 is 1.26. The second-order valence-electron chi connectivity index (χ2n) is 2.29. The molecular weight excluding hydrogens is 222 g/mol. The van der Waals surface area contributed by atoms with Crippen LogP contribution < -0.4 is 0 Å². The molecule has 0 radical (unpaired) electrons. The van der Waals surface area contributed by atoms with E-state index in [-0.39, 0.29) is 0 Å². The maximum atomic E-state index is 4.22. The van der Waals surface area contributed by atoms with Gasteiger partial charge in [-0.3, -0.25) is 0 Å². The monoisotopic (exact) mass is 227 g/mol. The van der Waals surface area contributed by atoms with Crippen LogP contribution in [0.15, 0.2) is 23.7 Å². The molecule has 0 saturated carbocycles. The summed E-state index contributed by atoms with van der Waals surface area (Å²) in [4.78, 5) is 4.22. The molecule has 0 unspecified atom stereocenters. The Bertz CT molecular complexity index is 369. The smallest absolute Gasteiger partial charge is 0.0815 e. The van der Waals surface area contributed by atoms with Gasteiger partial charge in [-0.15, -0.1) is 11.3 Å². The van der Waals surface area contributed by atoms with E-state index in [0.717, 1.165) is 10.8 Å². The van der Waals surface area contributed by atoms with Crippen molar-refractivity contribution in [3.05, 3.63) is 29.3 Å². The predicted octanol–water partition coefficient (Wildman–Crippen LogP) is 3.19. The lowest BCUT2D eigenvalue weighted by Gasteiger charge is -1.92. The minimum Gasteiger partial charge on any atom is -0.245 e. The molecule has 0 aliphatic heterocycles. The maximum Gasteiger partial charge on any atom is 0.0815 e. The van der Waals surface area contributed by atoms with Crippen molar-refractivity contribution in [3.63, 3.8) is 0 Å². The van der Waals surface area contributed by atoms with Gasteiger partial charge in [0.2, 0.25) is 0 Å². The van der Waals surface area contributed by atoms with Crippen LogP contribution in [-0.4, -0.2) is 4.98 Å². The standard InChI is InChI=1S/C8H6BrNS/c9-4-6-1-2-8-7(3-6)10-5-11-8/h1-3,5H,4H2. The maximum absolute atomic E-state index is 4.22. The van der Waals surface area contributed by atoms with E-state index in [2.05, 4.69) is 39.1 Å². The van der Waals surface area contributed by atoms with Gasteiger partial charge in [0.15, 0.2) is 0 Å². The Balaban J connectivity index is 2.67. The first kappa shape index (κ1) is 7.25. The van der Waals surface area contributed by atoms with Gasteiger partial charge in [-0.1, -0.05) is 22.0 Å². The van der Waals surface area contributed by atoms with Gasteiger partial charge in [-0.2, -0.15) is 0 Å². The van der Waals surface area contributed by atoms with E-state index in [1.165, 1.54) is 10.3 Å². The quantitative estimate of drug-likeness (QED) is 0.683. The summed E-state index contributed by atoms with van der Waals surface area (Å²) in [6.45, 7) is 0. The molecule has 0 bridgehead atoms. The molecule has 56 valence electrons. The predicted molar refractivity (Wildman–Crippen MR) is 52.3 cm³/mol. The average Bonchev–Trinajstić information content (AvgIpc) is 2.50. The average molecular weight is 228 g/mol. The fourth-order valence-electron chi connectivity index (χ4n) is 0.987. The van der Waals surface area contributed by atoms with Crippen molar-refractivity contribution < 1.29 is 0 Å². The number of aromatic nitrogens is 1. The highest BCUT2D eigenvalue weighted by Gasteiger charge is 1.96. The number of nitrogens with zero attached hydrogens (tertiary/aromatic N) is 1. The molecule has 0 spiro atoms. The number of rotatable bonds is 1. The molecule has 0 atom stereocenters. The van der Waals surface area contributed by atoms with E-state index < -0.39 is 0 Å². The molecule has 1 nitrogen and oxygen atoms in total. The topological polar surface area (TPSA) is 12.9 Å². The molecule has 3 heteroatoms. The molecule has 11 heavy (non-hydrogen) atoms. The second-order valence-corrected chi connectivity index (χ2v) is 3.74. The zero-order chi connectivity index (χ0) is 7.68. The largest absolute Gasteiger partial charge is 0.245 e. The third-order valence-electron chi connectivity index (χ3n) is 1.55. The first-order chi connectivity index (χ1) is 5.40. The van der Waals surface area contributed by atoms with Crippen LogP contribution in [0.25, 0.3) is 10.2 Å². The highest BCUT2D eigenvalue weighted by molar-refractivity contribution is 9.08. The minimum absolute atomic E-state index is 0.903. The van der Waals surface area contributed by atoms with E-state index in [1.807, 2.05) is 5.51 Å². The summed E-state index contributed by atoms with van der Waals surface area (Å²) in [6.07, 6.45) is 0. The summed E-state index contributed by atoms with van der Waals surface area (Å²) in [5.74, 6) is 0. The van der Waals surface area contributed by atoms with E-state index in [0.29, 0.717) is 0 Å². The Labute approximate surface area is 77.2 Å². The number of hydrogen-bond acceptors (Lipinski definition) is 2. The zero-order valence-corrected chi connectivity index (χ0v) is 8.15. The molecule has 1 aromatic carbocycles. The van der Waals surface area contributed by atoms with Crippen LogP contribution in [0.2, 0.25) is 0 Å². The van der Waals surface area contributed by atoms with Crippen molar-refractivity contribution in [1.82, 2.24) is 4.98 Å². The summed E-state index contributed by atoms with van der Waals surface area (Å²) in [5, 5.41) is 0.903. The molecule has 0 aliphatic carbocycles. The van der Waals surface area contributed by atoms with Crippen LogP contribution >= 0.6 is 27.3 Å². The molecule has 1 heterocycles. The van der Waals surface area contributed by atoms with Gasteiger partial charge in [-0.25, -0.2) is 4.98 Å². The molecule has 2 aromatic rings. The summed E-state index contributed by atoms with van der Waals surface area (Å²) >= 11 is 5.09.